The molecule has 1 aliphatic heterocycles. The second-order valence-corrected chi connectivity index (χ2v) is 7.68. The van der Waals surface area contributed by atoms with E-state index in [9.17, 15) is 0 Å². The third-order valence-corrected chi connectivity index (χ3v) is 5.54. The Bertz CT molecular complexity index is 399. The smallest absolute Gasteiger partial charge is 0.0881 e. The van der Waals surface area contributed by atoms with Crippen LogP contribution in [0, 0.1) is 0 Å². The summed E-state index contributed by atoms with van der Waals surface area (Å²) in [6.07, 6.45) is 2.97. The molecule has 3 nitrogen and oxygen atoms in total. The summed E-state index contributed by atoms with van der Waals surface area (Å²) in [5.41, 5.74) is -0.0839. The SMILES string of the molecule is CCNC(Cc1ccc(Br)s1)C1(OCC)CCOCC1. The third-order valence-electron chi connectivity index (χ3n) is 3.89. The Hall–Kier alpha value is 0.0600. The van der Waals surface area contributed by atoms with Crippen molar-refractivity contribution in [1.82, 2.24) is 5.32 Å². The zero-order chi connectivity index (χ0) is 14.4. The number of rotatable bonds is 7. The van der Waals surface area contributed by atoms with E-state index in [1.807, 2.05) is 11.3 Å². The highest BCUT2D eigenvalue weighted by atomic mass is 79.9. The van der Waals surface area contributed by atoms with Gasteiger partial charge in [0.2, 0.25) is 0 Å². The van der Waals surface area contributed by atoms with Crippen molar-refractivity contribution in [1.29, 1.82) is 0 Å². The molecule has 0 bridgehead atoms. The van der Waals surface area contributed by atoms with Gasteiger partial charge in [0.25, 0.3) is 0 Å². The minimum Gasteiger partial charge on any atom is -0.381 e. The number of thiophene rings is 1. The molecule has 1 aromatic heterocycles. The van der Waals surface area contributed by atoms with Crippen molar-refractivity contribution < 1.29 is 9.47 Å². The van der Waals surface area contributed by atoms with Gasteiger partial charge in [-0.2, -0.15) is 0 Å². The second-order valence-electron chi connectivity index (χ2n) is 5.13. The first-order valence-corrected chi connectivity index (χ1v) is 9.00. The molecule has 1 unspecified atom stereocenters. The maximum absolute atomic E-state index is 6.21. The summed E-state index contributed by atoms with van der Waals surface area (Å²) < 4.78 is 13.0. The summed E-state index contributed by atoms with van der Waals surface area (Å²) in [7, 11) is 0. The molecule has 1 aromatic rings. The molecule has 1 fully saturated rings. The standard InChI is InChI=1S/C15H24BrNO2S/c1-3-17-13(11-12-5-6-14(16)20-12)15(19-4-2)7-9-18-10-8-15/h5-6,13,17H,3-4,7-11H2,1-2H3. The molecule has 0 radical (unpaired) electrons. The van der Waals surface area contributed by atoms with E-state index in [1.54, 1.807) is 0 Å². The lowest BCUT2D eigenvalue weighted by molar-refractivity contribution is -0.126. The molecule has 0 saturated carbocycles. The first-order chi connectivity index (χ1) is 9.70. The van der Waals surface area contributed by atoms with Crippen molar-refractivity contribution in [2.24, 2.45) is 0 Å². The molecule has 0 amide bonds. The lowest BCUT2D eigenvalue weighted by atomic mass is 9.83. The molecule has 114 valence electrons. The van der Waals surface area contributed by atoms with Crippen LogP contribution < -0.4 is 5.32 Å². The van der Waals surface area contributed by atoms with E-state index in [4.69, 9.17) is 9.47 Å². The molecule has 0 aromatic carbocycles. The fraction of sp³-hybridized carbons (Fsp3) is 0.733. The minimum atomic E-state index is -0.0839. The Morgan fingerprint density at radius 1 is 1.40 bits per heavy atom. The molecule has 1 atom stereocenters. The van der Waals surface area contributed by atoms with Crippen LogP contribution in [0.3, 0.4) is 0 Å². The molecule has 2 rings (SSSR count). The number of ether oxygens (including phenoxy) is 2. The fourth-order valence-corrected chi connectivity index (χ4v) is 4.48. The zero-order valence-corrected chi connectivity index (χ0v) is 14.7. The first-order valence-electron chi connectivity index (χ1n) is 7.39. The van der Waals surface area contributed by atoms with Crippen LogP contribution in [0.25, 0.3) is 0 Å². The van der Waals surface area contributed by atoms with Crippen molar-refractivity contribution >= 4 is 27.3 Å². The van der Waals surface area contributed by atoms with Crippen molar-refractivity contribution in [2.45, 2.75) is 44.8 Å². The van der Waals surface area contributed by atoms with Gasteiger partial charge in [0, 0.05) is 43.6 Å². The molecule has 1 saturated heterocycles. The summed E-state index contributed by atoms with van der Waals surface area (Å²) in [6, 6.07) is 4.68. The van der Waals surface area contributed by atoms with Gasteiger partial charge in [-0.1, -0.05) is 6.92 Å². The highest BCUT2D eigenvalue weighted by Gasteiger charge is 2.40. The highest BCUT2D eigenvalue weighted by molar-refractivity contribution is 9.11. The highest BCUT2D eigenvalue weighted by Crippen LogP contribution is 2.33. The molecule has 0 spiro atoms. The van der Waals surface area contributed by atoms with Crippen LogP contribution >= 0.6 is 27.3 Å². The maximum Gasteiger partial charge on any atom is 0.0881 e. The van der Waals surface area contributed by atoms with Gasteiger partial charge in [0.15, 0.2) is 0 Å². The average Bonchev–Trinajstić information content (AvgIpc) is 2.85. The first kappa shape index (κ1) is 16.4. The number of nitrogens with one attached hydrogen (secondary N) is 1. The summed E-state index contributed by atoms with van der Waals surface area (Å²) in [4.78, 5) is 1.40. The van der Waals surface area contributed by atoms with Gasteiger partial charge in [0.1, 0.15) is 0 Å². The van der Waals surface area contributed by atoms with E-state index in [0.29, 0.717) is 6.04 Å². The van der Waals surface area contributed by atoms with Gasteiger partial charge >= 0.3 is 0 Å². The number of likely N-dealkylation sites (N-methyl/N-ethyl adjacent to an activating group) is 1. The van der Waals surface area contributed by atoms with Crippen molar-refractivity contribution in [3.05, 3.63) is 20.8 Å². The van der Waals surface area contributed by atoms with E-state index in [1.165, 1.54) is 8.66 Å². The molecule has 5 heteroatoms. The summed E-state index contributed by atoms with van der Waals surface area (Å²) in [5, 5.41) is 3.65. The van der Waals surface area contributed by atoms with Crippen LogP contribution in [0.5, 0.6) is 0 Å². The van der Waals surface area contributed by atoms with Gasteiger partial charge < -0.3 is 14.8 Å². The monoisotopic (exact) mass is 361 g/mol. The van der Waals surface area contributed by atoms with Gasteiger partial charge in [0.05, 0.1) is 9.39 Å². The Kier molecular flexibility index (Phi) is 6.49. The molecule has 20 heavy (non-hydrogen) atoms. The van der Waals surface area contributed by atoms with Crippen LogP contribution in [0.2, 0.25) is 0 Å². The number of hydrogen-bond donors (Lipinski definition) is 1. The zero-order valence-electron chi connectivity index (χ0n) is 12.3. The topological polar surface area (TPSA) is 30.5 Å². The molecular weight excluding hydrogens is 338 g/mol. The van der Waals surface area contributed by atoms with Gasteiger partial charge in [-0.3, -0.25) is 0 Å². The summed E-state index contributed by atoms with van der Waals surface area (Å²) in [5.74, 6) is 0. The predicted octanol–water partition coefficient (Wildman–Crippen LogP) is 3.62. The normalized spacial score (nSPS) is 19.9. The third kappa shape index (κ3) is 4.04. The molecule has 0 aliphatic carbocycles. The summed E-state index contributed by atoms with van der Waals surface area (Å²) in [6.45, 7) is 7.58. The van der Waals surface area contributed by atoms with Gasteiger partial charge in [-0.25, -0.2) is 0 Å². The Morgan fingerprint density at radius 3 is 2.70 bits per heavy atom. The number of halogens is 1. The van der Waals surface area contributed by atoms with E-state index in [-0.39, 0.29) is 5.60 Å². The molecule has 1 N–H and O–H groups in total. The molecule has 1 aliphatic rings. The van der Waals surface area contributed by atoms with Crippen LogP contribution in [0.15, 0.2) is 15.9 Å². The van der Waals surface area contributed by atoms with Crippen LogP contribution in [-0.2, 0) is 15.9 Å². The van der Waals surface area contributed by atoms with Gasteiger partial charge in [-0.05, 0) is 48.0 Å². The van der Waals surface area contributed by atoms with Crippen LogP contribution in [-0.4, -0.2) is 38.0 Å². The van der Waals surface area contributed by atoms with Crippen molar-refractivity contribution in [3.63, 3.8) is 0 Å². The molecular formula is C15H24BrNO2S. The number of hydrogen-bond acceptors (Lipinski definition) is 4. The lowest BCUT2D eigenvalue weighted by Gasteiger charge is -2.43. The van der Waals surface area contributed by atoms with Gasteiger partial charge in [-0.15, -0.1) is 11.3 Å². The van der Waals surface area contributed by atoms with E-state index >= 15 is 0 Å². The predicted molar refractivity (Wildman–Crippen MR) is 87.6 cm³/mol. The van der Waals surface area contributed by atoms with E-state index in [0.717, 1.165) is 45.6 Å². The quantitative estimate of drug-likeness (QED) is 0.804. The maximum atomic E-state index is 6.21. The van der Waals surface area contributed by atoms with Crippen molar-refractivity contribution in [2.75, 3.05) is 26.4 Å². The van der Waals surface area contributed by atoms with Crippen LogP contribution in [0.1, 0.15) is 31.6 Å². The summed E-state index contributed by atoms with van der Waals surface area (Å²) >= 11 is 5.36. The Morgan fingerprint density at radius 2 is 2.15 bits per heavy atom. The average molecular weight is 362 g/mol. The molecule has 2 heterocycles. The van der Waals surface area contributed by atoms with Crippen molar-refractivity contribution in [3.8, 4) is 0 Å². The van der Waals surface area contributed by atoms with E-state index in [2.05, 4.69) is 47.2 Å². The second kappa shape index (κ2) is 7.90. The largest absolute Gasteiger partial charge is 0.381 e. The van der Waals surface area contributed by atoms with E-state index < -0.39 is 0 Å². The lowest BCUT2D eigenvalue weighted by Crippen LogP contribution is -2.56. The van der Waals surface area contributed by atoms with Crippen LogP contribution in [0.4, 0.5) is 0 Å². The Balaban J connectivity index is 2.14. The fourth-order valence-electron chi connectivity index (χ4n) is 2.95. The Labute approximate surface area is 134 Å². The minimum absolute atomic E-state index is 0.0839.